The van der Waals surface area contributed by atoms with Crippen LogP contribution in [0.25, 0.3) is 11.3 Å². The smallest absolute Gasteiger partial charge is 0.356 e. The van der Waals surface area contributed by atoms with Gasteiger partial charge in [-0.15, -0.1) is 0 Å². The molecule has 1 saturated heterocycles. The molecular formula is C15H14N4O4. The minimum Gasteiger partial charge on any atom is -0.476 e. The van der Waals surface area contributed by atoms with Crippen molar-refractivity contribution in [2.24, 2.45) is 7.05 Å². The molecule has 0 aliphatic carbocycles. The lowest BCUT2D eigenvalue weighted by atomic mass is 10.1. The van der Waals surface area contributed by atoms with Gasteiger partial charge >= 0.3 is 5.97 Å². The monoisotopic (exact) mass is 314 g/mol. The van der Waals surface area contributed by atoms with E-state index in [9.17, 15) is 14.4 Å². The van der Waals surface area contributed by atoms with Gasteiger partial charge in [-0.1, -0.05) is 18.2 Å². The Morgan fingerprint density at radius 2 is 2.04 bits per heavy atom. The molecule has 1 fully saturated rings. The minimum atomic E-state index is -1.13. The Hall–Kier alpha value is -3.16. The molecule has 2 amide bonds. The number of aromatic nitrogens is 2. The predicted octanol–water partition coefficient (Wildman–Crippen LogP) is 0.248. The third-order valence-corrected chi connectivity index (χ3v) is 3.61. The summed E-state index contributed by atoms with van der Waals surface area (Å²) in [6, 6.07) is 8.46. The number of benzene rings is 1. The first-order chi connectivity index (χ1) is 11.0. The third-order valence-electron chi connectivity index (χ3n) is 3.61. The van der Waals surface area contributed by atoms with Crippen molar-refractivity contribution < 1.29 is 19.5 Å². The lowest BCUT2D eigenvalue weighted by molar-refractivity contribution is -0.128. The van der Waals surface area contributed by atoms with Crippen LogP contribution in [0.3, 0.4) is 0 Å². The molecule has 118 valence electrons. The number of carbonyl (C=O) groups excluding carboxylic acids is 2. The Kier molecular flexibility index (Phi) is 3.57. The molecule has 0 spiro atoms. The first-order valence-corrected chi connectivity index (χ1v) is 6.91. The fraction of sp³-hybridized carbons (Fsp3) is 0.200. The van der Waals surface area contributed by atoms with Crippen LogP contribution in [0.2, 0.25) is 0 Å². The van der Waals surface area contributed by atoms with E-state index in [2.05, 4.69) is 10.4 Å². The molecule has 0 unspecified atom stereocenters. The zero-order chi connectivity index (χ0) is 16.6. The number of anilines is 1. The molecule has 0 bridgehead atoms. The van der Waals surface area contributed by atoms with E-state index >= 15 is 0 Å². The topological polar surface area (TPSA) is 105 Å². The van der Waals surface area contributed by atoms with Crippen LogP contribution in [0, 0.1) is 0 Å². The molecule has 8 nitrogen and oxygen atoms in total. The van der Waals surface area contributed by atoms with Crippen molar-refractivity contribution >= 4 is 23.5 Å². The van der Waals surface area contributed by atoms with E-state index in [1.165, 1.54) is 15.6 Å². The maximum Gasteiger partial charge on any atom is 0.356 e. The molecule has 3 rings (SSSR count). The SMILES string of the molecule is Cn1nc(C(=O)O)cc1-c1ccccc1N1CC(=O)NCC1=O. The molecule has 0 saturated carbocycles. The molecule has 2 N–H and O–H groups in total. The summed E-state index contributed by atoms with van der Waals surface area (Å²) in [5.74, 6) is -1.59. The lowest BCUT2D eigenvalue weighted by Gasteiger charge is -2.28. The van der Waals surface area contributed by atoms with Gasteiger partial charge in [0.05, 0.1) is 17.9 Å². The fourth-order valence-corrected chi connectivity index (χ4v) is 2.53. The molecule has 23 heavy (non-hydrogen) atoms. The molecule has 0 radical (unpaired) electrons. The summed E-state index contributed by atoms with van der Waals surface area (Å²) in [6.45, 7) is -0.127. The van der Waals surface area contributed by atoms with E-state index < -0.39 is 5.97 Å². The lowest BCUT2D eigenvalue weighted by Crippen LogP contribution is -2.51. The molecule has 2 heterocycles. The quantitative estimate of drug-likeness (QED) is 0.845. The van der Waals surface area contributed by atoms with Crippen molar-refractivity contribution in [1.82, 2.24) is 15.1 Å². The second kappa shape index (κ2) is 5.56. The summed E-state index contributed by atoms with van der Waals surface area (Å²) in [7, 11) is 1.63. The van der Waals surface area contributed by atoms with Crippen LogP contribution in [0.1, 0.15) is 10.5 Å². The van der Waals surface area contributed by atoms with Gasteiger partial charge in [0.25, 0.3) is 0 Å². The number of carboxylic acid groups (broad SMARTS) is 1. The van der Waals surface area contributed by atoms with Crippen LogP contribution in [-0.4, -0.2) is 45.8 Å². The van der Waals surface area contributed by atoms with Crippen molar-refractivity contribution in [3.8, 4) is 11.3 Å². The number of carboxylic acids is 1. The van der Waals surface area contributed by atoms with Gasteiger partial charge in [0.1, 0.15) is 6.54 Å². The van der Waals surface area contributed by atoms with E-state index in [1.807, 2.05) is 0 Å². The molecule has 1 aromatic heterocycles. The normalized spacial score (nSPS) is 14.7. The molecular weight excluding hydrogens is 300 g/mol. The number of hydrogen-bond acceptors (Lipinski definition) is 4. The Morgan fingerprint density at radius 3 is 2.74 bits per heavy atom. The molecule has 0 atom stereocenters. The number of rotatable bonds is 3. The summed E-state index contributed by atoms with van der Waals surface area (Å²) < 4.78 is 1.44. The minimum absolute atomic E-state index is 0.0566. The predicted molar refractivity (Wildman–Crippen MR) is 81.0 cm³/mol. The summed E-state index contributed by atoms with van der Waals surface area (Å²) in [4.78, 5) is 36.2. The van der Waals surface area contributed by atoms with Gasteiger partial charge in [0.15, 0.2) is 5.69 Å². The molecule has 8 heteroatoms. The number of para-hydroxylation sites is 1. The molecule has 1 aliphatic heterocycles. The third kappa shape index (κ3) is 2.66. The largest absolute Gasteiger partial charge is 0.476 e. The average Bonchev–Trinajstić information content (AvgIpc) is 2.92. The number of hydrogen-bond donors (Lipinski definition) is 2. The van der Waals surface area contributed by atoms with Gasteiger partial charge in [-0.25, -0.2) is 4.79 Å². The first kappa shape index (κ1) is 14.8. The summed E-state index contributed by atoms with van der Waals surface area (Å²) in [5.41, 5.74) is 1.65. The van der Waals surface area contributed by atoms with Crippen LogP contribution < -0.4 is 10.2 Å². The Balaban J connectivity index is 2.09. The van der Waals surface area contributed by atoms with E-state index in [1.54, 1.807) is 31.3 Å². The van der Waals surface area contributed by atoms with Crippen LogP contribution in [0.4, 0.5) is 5.69 Å². The van der Waals surface area contributed by atoms with Gasteiger partial charge < -0.3 is 15.3 Å². The standard InChI is InChI=1S/C15H14N4O4/c1-18-12(6-10(17-18)15(22)23)9-4-2-3-5-11(9)19-8-13(20)16-7-14(19)21/h2-6H,7-8H2,1H3,(H,16,20)(H,22,23). The number of aromatic carboxylic acids is 1. The van der Waals surface area contributed by atoms with Crippen molar-refractivity contribution in [2.75, 3.05) is 18.0 Å². The van der Waals surface area contributed by atoms with E-state index in [4.69, 9.17) is 5.11 Å². The van der Waals surface area contributed by atoms with Crippen molar-refractivity contribution in [1.29, 1.82) is 0 Å². The highest BCUT2D eigenvalue weighted by molar-refractivity contribution is 6.06. The van der Waals surface area contributed by atoms with Crippen LogP contribution in [0.15, 0.2) is 30.3 Å². The van der Waals surface area contributed by atoms with Crippen LogP contribution >= 0.6 is 0 Å². The molecule has 2 aromatic rings. The molecule has 1 aliphatic rings. The Morgan fingerprint density at radius 1 is 1.30 bits per heavy atom. The van der Waals surface area contributed by atoms with E-state index in [0.29, 0.717) is 16.9 Å². The van der Waals surface area contributed by atoms with Crippen molar-refractivity contribution in [3.63, 3.8) is 0 Å². The highest BCUT2D eigenvalue weighted by Crippen LogP contribution is 2.31. The van der Waals surface area contributed by atoms with Crippen molar-refractivity contribution in [3.05, 3.63) is 36.0 Å². The highest BCUT2D eigenvalue weighted by atomic mass is 16.4. The fourth-order valence-electron chi connectivity index (χ4n) is 2.53. The Bertz CT molecular complexity index is 812. The first-order valence-electron chi connectivity index (χ1n) is 6.91. The number of carbonyl (C=O) groups is 3. The number of aryl methyl sites for hydroxylation is 1. The van der Waals surface area contributed by atoms with E-state index in [-0.39, 0.29) is 30.6 Å². The second-order valence-electron chi connectivity index (χ2n) is 5.12. The zero-order valence-corrected chi connectivity index (χ0v) is 12.3. The number of nitrogens with zero attached hydrogens (tertiary/aromatic N) is 3. The average molecular weight is 314 g/mol. The zero-order valence-electron chi connectivity index (χ0n) is 12.3. The van der Waals surface area contributed by atoms with Gasteiger partial charge in [0.2, 0.25) is 11.8 Å². The highest BCUT2D eigenvalue weighted by Gasteiger charge is 2.27. The van der Waals surface area contributed by atoms with Gasteiger partial charge in [0, 0.05) is 12.6 Å². The second-order valence-corrected chi connectivity index (χ2v) is 5.12. The van der Waals surface area contributed by atoms with E-state index in [0.717, 1.165) is 0 Å². The van der Waals surface area contributed by atoms with Crippen molar-refractivity contribution in [2.45, 2.75) is 0 Å². The van der Waals surface area contributed by atoms with Gasteiger partial charge in [-0.05, 0) is 12.1 Å². The molecule has 1 aromatic carbocycles. The summed E-state index contributed by atoms with van der Waals surface area (Å²) in [6.07, 6.45) is 0. The van der Waals surface area contributed by atoms with Crippen LogP contribution in [0.5, 0.6) is 0 Å². The van der Waals surface area contributed by atoms with Gasteiger partial charge in [-0.3, -0.25) is 14.3 Å². The number of amides is 2. The maximum absolute atomic E-state index is 12.1. The summed E-state index contributed by atoms with van der Waals surface area (Å²) in [5, 5.41) is 15.5. The van der Waals surface area contributed by atoms with Gasteiger partial charge in [-0.2, -0.15) is 5.10 Å². The number of nitrogens with one attached hydrogen (secondary N) is 1. The van der Waals surface area contributed by atoms with Crippen LogP contribution in [-0.2, 0) is 16.6 Å². The maximum atomic E-state index is 12.1. The number of piperazine rings is 1. The Labute approximate surface area is 131 Å². The summed E-state index contributed by atoms with van der Waals surface area (Å²) >= 11 is 0.